The first-order chi connectivity index (χ1) is 10.8. The molecule has 0 fully saturated rings. The molecule has 4 nitrogen and oxygen atoms in total. The van der Waals surface area contributed by atoms with Crippen LogP contribution in [0.15, 0.2) is 41.3 Å². The molecular formula is C17H18O4S. The van der Waals surface area contributed by atoms with Gasteiger partial charge in [0.2, 0.25) is 6.79 Å². The van der Waals surface area contributed by atoms with Crippen molar-refractivity contribution in [2.45, 2.75) is 17.6 Å². The Morgan fingerprint density at radius 3 is 2.77 bits per heavy atom. The molecule has 1 aliphatic heterocycles. The third kappa shape index (κ3) is 3.15. The van der Waals surface area contributed by atoms with Gasteiger partial charge in [0, 0.05) is 29.4 Å². The lowest BCUT2D eigenvalue weighted by Gasteiger charge is -2.14. The van der Waals surface area contributed by atoms with E-state index in [1.54, 1.807) is 18.9 Å². The minimum absolute atomic E-state index is 0.214. The van der Waals surface area contributed by atoms with E-state index in [1.807, 2.05) is 31.2 Å². The van der Waals surface area contributed by atoms with Gasteiger partial charge in [0.25, 0.3) is 0 Å². The van der Waals surface area contributed by atoms with Gasteiger partial charge in [0.1, 0.15) is 5.75 Å². The quantitative estimate of drug-likeness (QED) is 0.594. The van der Waals surface area contributed by atoms with Crippen LogP contribution in [0.3, 0.4) is 0 Å². The molecule has 0 saturated heterocycles. The molecule has 116 valence electrons. The molecule has 0 bridgehead atoms. The highest BCUT2D eigenvalue weighted by molar-refractivity contribution is 7.98. The van der Waals surface area contributed by atoms with Crippen LogP contribution >= 0.6 is 11.8 Å². The van der Waals surface area contributed by atoms with Crippen LogP contribution in [0, 0.1) is 6.92 Å². The lowest BCUT2D eigenvalue weighted by atomic mass is 10.1. The molecule has 0 unspecified atom stereocenters. The van der Waals surface area contributed by atoms with Gasteiger partial charge in [0.05, 0.1) is 0 Å². The van der Waals surface area contributed by atoms with Crippen molar-refractivity contribution in [3.8, 4) is 17.2 Å². The summed E-state index contributed by atoms with van der Waals surface area (Å²) in [5, 5.41) is 0. The first kappa shape index (κ1) is 15.1. The second-order valence-electron chi connectivity index (χ2n) is 4.86. The summed E-state index contributed by atoms with van der Waals surface area (Å²) in [5.41, 5.74) is 2.17. The number of thioether (sulfide) groups is 1. The Labute approximate surface area is 134 Å². The molecule has 1 aliphatic rings. The van der Waals surface area contributed by atoms with Gasteiger partial charge in [-0.25, -0.2) is 0 Å². The second kappa shape index (κ2) is 6.94. The fraction of sp³-hybridized carbons (Fsp3) is 0.294. The summed E-state index contributed by atoms with van der Waals surface area (Å²) >= 11 is 1.76. The Kier molecular flexibility index (Phi) is 4.75. The average molecular weight is 318 g/mol. The van der Waals surface area contributed by atoms with Gasteiger partial charge in [-0.3, -0.25) is 0 Å². The lowest BCUT2D eigenvalue weighted by molar-refractivity contribution is 0.0504. The largest absolute Gasteiger partial charge is 0.467 e. The van der Waals surface area contributed by atoms with Gasteiger partial charge in [-0.2, -0.15) is 0 Å². The predicted molar refractivity (Wildman–Crippen MR) is 85.8 cm³/mol. The van der Waals surface area contributed by atoms with E-state index < -0.39 is 0 Å². The smallest absolute Gasteiger partial charge is 0.231 e. The van der Waals surface area contributed by atoms with E-state index in [0.717, 1.165) is 34.1 Å². The summed E-state index contributed by atoms with van der Waals surface area (Å²) in [4.78, 5) is 1.22. The lowest BCUT2D eigenvalue weighted by Crippen LogP contribution is -2.02. The Bertz CT molecular complexity index is 643. The van der Waals surface area contributed by atoms with Crippen LogP contribution in [0.2, 0.25) is 0 Å². The molecule has 0 spiro atoms. The van der Waals surface area contributed by atoms with Crippen LogP contribution < -0.4 is 14.2 Å². The zero-order valence-electron chi connectivity index (χ0n) is 12.6. The molecule has 2 aromatic carbocycles. The number of ether oxygens (including phenoxy) is 4. The van der Waals surface area contributed by atoms with E-state index in [-0.39, 0.29) is 13.6 Å². The van der Waals surface area contributed by atoms with Crippen molar-refractivity contribution < 1.29 is 18.9 Å². The molecule has 1 heterocycles. The monoisotopic (exact) mass is 318 g/mol. The summed E-state index contributed by atoms with van der Waals surface area (Å²) in [5.74, 6) is 3.13. The highest BCUT2D eigenvalue weighted by Crippen LogP contribution is 2.44. The van der Waals surface area contributed by atoms with E-state index >= 15 is 0 Å². The van der Waals surface area contributed by atoms with Gasteiger partial charge < -0.3 is 18.9 Å². The van der Waals surface area contributed by atoms with Crippen molar-refractivity contribution in [1.29, 1.82) is 0 Å². The standard InChI is InChI=1S/C17H18O4S/c1-12-14(9-22-13-6-4-3-5-7-13)17-16(20-11-21-17)8-15(12)19-10-18-2/h3-8H,9-11H2,1-2H3. The summed E-state index contributed by atoms with van der Waals surface area (Å²) in [6.07, 6.45) is 0. The van der Waals surface area contributed by atoms with E-state index in [4.69, 9.17) is 18.9 Å². The van der Waals surface area contributed by atoms with E-state index in [1.165, 1.54) is 4.90 Å². The van der Waals surface area contributed by atoms with Crippen molar-refractivity contribution >= 4 is 11.8 Å². The second-order valence-corrected chi connectivity index (χ2v) is 5.91. The van der Waals surface area contributed by atoms with Gasteiger partial charge in [0.15, 0.2) is 18.3 Å². The van der Waals surface area contributed by atoms with Gasteiger partial charge in [-0.05, 0) is 24.6 Å². The number of hydrogen-bond donors (Lipinski definition) is 0. The van der Waals surface area contributed by atoms with E-state index in [0.29, 0.717) is 0 Å². The third-order valence-electron chi connectivity index (χ3n) is 3.46. The van der Waals surface area contributed by atoms with Gasteiger partial charge >= 0.3 is 0 Å². The average Bonchev–Trinajstić information content (AvgIpc) is 3.01. The summed E-state index contributed by atoms with van der Waals surface area (Å²) in [6, 6.07) is 12.2. The normalized spacial score (nSPS) is 12.5. The molecule has 2 aromatic rings. The van der Waals surface area contributed by atoms with Crippen LogP contribution in [0.25, 0.3) is 0 Å². The Morgan fingerprint density at radius 1 is 1.18 bits per heavy atom. The van der Waals surface area contributed by atoms with Gasteiger partial charge in [-0.1, -0.05) is 18.2 Å². The summed E-state index contributed by atoms with van der Waals surface area (Å²) in [6.45, 7) is 2.51. The Balaban J connectivity index is 1.86. The number of benzene rings is 2. The fourth-order valence-electron chi connectivity index (χ4n) is 2.30. The predicted octanol–water partition coefficient (Wildman–Crippen LogP) is 4.00. The van der Waals surface area contributed by atoms with Gasteiger partial charge in [-0.15, -0.1) is 11.8 Å². The highest BCUT2D eigenvalue weighted by Gasteiger charge is 2.23. The molecular weight excluding hydrogens is 300 g/mol. The molecule has 0 amide bonds. The third-order valence-corrected chi connectivity index (χ3v) is 4.50. The first-order valence-corrected chi connectivity index (χ1v) is 8.00. The molecule has 0 aliphatic carbocycles. The Morgan fingerprint density at radius 2 is 2.00 bits per heavy atom. The maximum atomic E-state index is 5.64. The number of methoxy groups -OCH3 is 1. The molecule has 22 heavy (non-hydrogen) atoms. The number of fused-ring (bicyclic) bond motifs is 1. The minimum atomic E-state index is 0.214. The zero-order valence-corrected chi connectivity index (χ0v) is 13.4. The van der Waals surface area contributed by atoms with Crippen LogP contribution in [-0.4, -0.2) is 20.7 Å². The molecule has 0 saturated carbocycles. The van der Waals surface area contributed by atoms with Crippen molar-refractivity contribution in [3.63, 3.8) is 0 Å². The van der Waals surface area contributed by atoms with Crippen LogP contribution in [0.4, 0.5) is 0 Å². The molecule has 0 aromatic heterocycles. The van der Waals surface area contributed by atoms with Crippen molar-refractivity contribution in [1.82, 2.24) is 0 Å². The maximum Gasteiger partial charge on any atom is 0.231 e. The highest BCUT2D eigenvalue weighted by atomic mass is 32.2. The SMILES string of the molecule is COCOc1cc2c(c(CSc3ccccc3)c1C)OCO2. The molecule has 0 N–H and O–H groups in total. The summed E-state index contributed by atoms with van der Waals surface area (Å²) in [7, 11) is 1.61. The zero-order chi connectivity index (χ0) is 15.4. The topological polar surface area (TPSA) is 36.9 Å². The van der Waals surface area contributed by atoms with Crippen molar-refractivity contribution in [2.24, 2.45) is 0 Å². The molecule has 0 radical (unpaired) electrons. The maximum absolute atomic E-state index is 5.64. The number of rotatable bonds is 6. The molecule has 3 rings (SSSR count). The minimum Gasteiger partial charge on any atom is -0.467 e. The molecule has 0 atom stereocenters. The fourth-order valence-corrected chi connectivity index (χ4v) is 3.30. The van der Waals surface area contributed by atoms with E-state index in [9.17, 15) is 0 Å². The van der Waals surface area contributed by atoms with E-state index in [2.05, 4.69) is 12.1 Å². The van der Waals surface area contributed by atoms with Crippen molar-refractivity contribution in [3.05, 3.63) is 47.5 Å². The van der Waals surface area contributed by atoms with Crippen LogP contribution in [0.5, 0.6) is 17.2 Å². The van der Waals surface area contributed by atoms with Crippen LogP contribution in [0.1, 0.15) is 11.1 Å². The first-order valence-electron chi connectivity index (χ1n) is 7.01. The van der Waals surface area contributed by atoms with Crippen molar-refractivity contribution in [2.75, 3.05) is 20.7 Å². The Hall–Kier alpha value is -1.85. The molecule has 5 heteroatoms. The number of hydrogen-bond acceptors (Lipinski definition) is 5. The summed E-state index contributed by atoms with van der Waals surface area (Å²) < 4.78 is 21.8. The van der Waals surface area contributed by atoms with Crippen LogP contribution in [-0.2, 0) is 10.5 Å².